The maximum absolute atomic E-state index is 5.36. The number of aryl methyl sites for hydroxylation is 3. The molecule has 3 aromatic rings. The van der Waals surface area contributed by atoms with Crippen LogP contribution in [0, 0.1) is 13.8 Å². The lowest BCUT2D eigenvalue weighted by molar-refractivity contribution is 0.573. The lowest BCUT2D eigenvalue weighted by Gasteiger charge is -2.07. The number of fused-ring (bicyclic) bond motifs is 1. The Balaban J connectivity index is 1.58. The molecule has 0 radical (unpaired) electrons. The van der Waals surface area contributed by atoms with Crippen molar-refractivity contribution in [2.75, 3.05) is 11.9 Å². The number of hydrogen-bond acceptors (Lipinski definition) is 4. The molecule has 20 heavy (non-hydrogen) atoms. The van der Waals surface area contributed by atoms with E-state index >= 15 is 0 Å². The van der Waals surface area contributed by atoms with E-state index in [0.29, 0.717) is 0 Å². The number of nitrogens with zero attached hydrogens (tertiary/aromatic N) is 3. The molecule has 5 heteroatoms. The van der Waals surface area contributed by atoms with Gasteiger partial charge >= 0.3 is 0 Å². The van der Waals surface area contributed by atoms with Gasteiger partial charge in [-0.25, -0.2) is 4.98 Å². The van der Waals surface area contributed by atoms with Gasteiger partial charge < -0.3 is 9.73 Å². The van der Waals surface area contributed by atoms with Crippen molar-refractivity contribution in [3.63, 3.8) is 0 Å². The molecular weight excluding hydrogens is 252 g/mol. The predicted octanol–water partition coefficient (Wildman–Crippen LogP) is 3.14. The van der Waals surface area contributed by atoms with Crippen molar-refractivity contribution in [1.29, 1.82) is 0 Å². The summed E-state index contributed by atoms with van der Waals surface area (Å²) in [5, 5.41) is 8.84. The number of rotatable bonds is 5. The quantitative estimate of drug-likeness (QED) is 0.724. The first kappa shape index (κ1) is 12.7. The Kier molecular flexibility index (Phi) is 3.41. The van der Waals surface area contributed by atoms with E-state index in [1.165, 1.54) is 5.69 Å². The molecule has 0 aliphatic heterocycles. The third-order valence-corrected chi connectivity index (χ3v) is 3.32. The van der Waals surface area contributed by atoms with Gasteiger partial charge in [-0.3, -0.25) is 4.68 Å². The van der Waals surface area contributed by atoms with Crippen LogP contribution in [0.2, 0.25) is 0 Å². The van der Waals surface area contributed by atoms with Gasteiger partial charge in [0.05, 0.1) is 17.3 Å². The topological polar surface area (TPSA) is 55.9 Å². The van der Waals surface area contributed by atoms with Gasteiger partial charge in [-0.15, -0.1) is 0 Å². The molecule has 0 aliphatic rings. The normalized spacial score (nSPS) is 11.1. The third-order valence-electron chi connectivity index (χ3n) is 3.32. The second-order valence-electron chi connectivity index (χ2n) is 4.92. The minimum atomic E-state index is 0.857. The molecule has 3 rings (SSSR count). The van der Waals surface area contributed by atoms with Crippen molar-refractivity contribution in [3.05, 3.63) is 42.0 Å². The molecule has 0 aromatic carbocycles. The van der Waals surface area contributed by atoms with E-state index in [2.05, 4.69) is 28.4 Å². The second-order valence-corrected chi connectivity index (χ2v) is 4.92. The van der Waals surface area contributed by atoms with Gasteiger partial charge in [-0.1, -0.05) is 0 Å². The van der Waals surface area contributed by atoms with Crippen LogP contribution in [0.15, 0.2) is 35.1 Å². The van der Waals surface area contributed by atoms with Crippen LogP contribution >= 0.6 is 0 Å². The van der Waals surface area contributed by atoms with Crippen LogP contribution in [0.3, 0.4) is 0 Å². The van der Waals surface area contributed by atoms with Gasteiger partial charge in [0, 0.05) is 25.0 Å². The highest BCUT2D eigenvalue weighted by atomic mass is 16.3. The Hall–Kier alpha value is -2.30. The molecular formula is C15H18N4O. The Morgan fingerprint density at radius 3 is 3.00 bits per heavy atom. The zero-order chi connectivity index (χ0) is 13.9. The second kappa shape index (κ2) is 5.36. The van der Waals surface area contributed by atoms with E-state index in [9.17, 15) is 0 Å². The number of nitrogens with one attached hydrogen (secondary N) is 1. The zero-order valence-corrected chi connectivity index (χ0v) is 11.8. The molecule has 0 saturated heterocycles. The fourth-order valence-electron chi connectivity index (χ4n) is 2.37. The molecule has 104 valence electrons. The molecule has 3 heterocycles. The molecule has 0 unspecified atom stereocenters. The van der Waals surface area contributed by atoms with Gasteiger partial charge in [0.1, 0.15) is 11.4 Å². The summed E-state index contributed by atoms with van der Waals surface area (Å²) in [6, 6.07) is 5.91. The van der Waals surface area contributed by atoms with Crippen LogP contribution in [0.25, 0.3) is 11.0 Å². The van der Waals surface area contributed by atoms with Crippen molar-refractivity contribution < 1.29 is 4.42 Å². The third kappa shape index (κ3) is 2.52. The van der Waals surface area contributed by atoms with Crippen LogP contribution in [0.1, 0.15) is 17.8 Å². The maximum atomic E-state index is 5.36. The van der Waals surface area contributed by atoms with Crippen LogP contribution in [-0.4, -0.2) is 21.3 Å². The fraction of sp³-hybridized carbons (Fsp3) is 0.333. The minimum Gasteiger partial charge on any atom is -0.464 e. The SMILES string of the molecule is Cc1cc(C)n(CCCNc2nccc3occc23)n1. The molecule has 3 aromatic heterocycles. The summed E-state index contributed by atoms with van der Waals surface area (Å²) in [5.74, 6) is 0.879. The summed E-state index contributed by atoms with van der Waals surface area (Å²) in [5.41, 5.74) is 3.14. The van der Waals surface area contributed by atoms with E-state index in [1.54, 1.807) is 12.5 Å². The molecule has 5 nitrogen and oxygen atoms in total. The average Bonchev–Trinajstić information content (AvgIpc) is 3.01. The van der Waals surface area contributed by atoms with Crippen molar-refractivity contribution >= 4 is 16.8 Å². The monoisotopic (exact) mass is 270 g/mol. The van der Waals surface area contributed by atoms with Crippen LogP contribution < -0.4 is 5.32 Å². The van der Waals surface area contributed by atoms with E-state index in [0.717, 1.165) is 42.0 Å². The molecule has 0 saturated carbocycles. The van der Waals surface area contributed by atoms with Gasteiger partial charge in [-0.2, -0.15) is 5.10 Å². The summed E-state index contributed by atoms with van der Waals surface area (Å²) >= 11 is 0. The summed E-state index contributed by atoms with van der Waals surface area (Å²) < 4.78 is 7.40. The number of hydrogen-bond donors (Lipinski definition) is 1. The molecule has 0 fully saturated rings. The highest BCUT2D eigenvalue weighted by Crippen LogP contribution is 2.21. The van der Waals surface area contributed by atoms with E-state index in [-0.39, 0.29) is 0 Å². The van der Waals surface area contributed by atoms with Crippen LogP contribution in [0.5, 0.6) is 0 Å². The van der Waals surface area contributed by atoms with Crippen LogP contribution in [0.4, 0.5) is 5.82 Å². The number of furan rings is 1. The zero-order valence-electron chi connectivity index (χ0n) is 11.8. The minimum absolute atomic E-state index is 0.857. The number of aromatic nitrogens is 3. The summed E-state index contributed by atoms with van der Waals surface area (Å²) in [7, 11) is 0. The lowest BCUT2D eigenvalue weighted by atomic mass is 10.3. The smallest absolute Gasteiger partial charge is 0.139 e. The van der Waals surface area contributed by atoms with Crippen LogP contribution in [-0.2, 0) is 6.54 Å². The standard InChI is InChI=1S/C15H18N4O/c1-11-10-12(2)19(18-11)8-3-6-16-15-13-5-9-20-14(13)4-7-17-15/h4-5,7,9-10H,3,6,8H2,1-2H3,(H,16,17). The molecule has 0 bridgehead atoms. The largest absolute Gasteiger partial charge is 0.464 e. The van der Waals surface area contributed by atoms with Crippen molar-refractivity contribution in [3.8, 4) is 0 Å². The molecule has 0 atom stereocenters. The summed E-state index contributed by atoms with van der Waals surface area (Å²) in [4.78, 5) is 4.35. The highest BCUT2D eigenvalue weighted by Gasteiger charge is 2.04. The Bertz CT molecular complexity index is 714. The lowest BCUT2D eigenvalue weighted by Crippen LogP contribution is -2.09. The molecule has 1 N–H and O–H groups in total. The first-order chi connectivity index (χ1) is 9.74. The van der Waals surface area contributed by atoms with Crippen molar-refractivity contribution in [2.45, 2.75) is 26.8 Å². The number of anilines is 1. The van der Waals surface area contributed by atoms with Crippen molar-refractivity contribution in [2.24, 2.45) is 0 Å². The molecule has 0 aliphatic carbocycles. The van der Waals surface area contributed by atoms with Gasteiger partial charge in [0.25, 0.3) is 0 Å². The van der Waals surface area contributed by atoms with E-state index in [1.807, 2.05) is 23.7 Å². The summed E-state index contributed by atoms with van der Waals surface area (Å²) in [6.45, 7) is 5.87. The maximum Gasteiger partial charge on any atom is 0.139 e. The summed E-state index contributed by atoms with van der Waals surface area (Å²) in [6.07, 6.45) is 4.44. The highest BCUT2D eigenvalue weighted by molar-refractivity contribution is 5.87. The first-order valence-electron chi connectivity index (χ1n) is 6.81. The Morgan fingerprint density at radius 1 is 1.30 bits per heavy atom. The molecule has 0 spiro atoms. The van der Waals surface area contributed by atoms with Crippen molar-refractivity contribution in [1.82, 2.24) is 14.8 Å². The Labute approximate surface area is 117 Å². The van der Waals surface area contributed by atoms with Gasteiger partial charge in [0.2, 0.25) is 0 Å². The Morgan fingerprint density at radius 2 is 2.20 bits per heavy atom. The molecule has 0 amide bonds. The number of pyridine rings is 1. The van der Waals surface area contributed by atoms with E-state index < -0.39 is 0 Å². The van der Waals surface area contributed by atoms with Gasteiger partial charge in [0.15, 0.2) is 0 Å². The predicted molar refractivity (Wildman–Crippen MR) is 78.8 cm³/mol. The average molecular weight is 270 g/mol. The van der Waals surface area contributed by atoms with E-state index in [4.69, 9.17) is 4.42 Å². The first-order valence-corrected chi connectivity index (χ1v) is 6.81. The fourth-order valence-corrected chi connectivity index (χ4v) is 2.37. The van der Waals surface area contributed by atoms with Gasteiger partial charge in [-0.05, 0) is 38.5 Å².